The van der Waals surface area contributed by atoms with Crippen LogP contribution < -0.4 is 10.2 Å². The molecule has 0 aliphatic carbocycles. The zero-order valence-electron chi connectivity index (χ0n) is 17.7. The Balaban J connectivity index is 1.40. The predicted octanol–water partition coefficient (Wildman–Crippen LogP) is 5.11. The number of rotatable bonds is 5. The van der Waals surface area contributed by atoms with E-state index in [4.69, 9.17) is 4.98 Å². The molecule has 1 N–H and O–H groups in total. The number of benzene rings is 2. The predicted molar refractivity (Wildman–Crippen MR) is 123 cm³/mol. The van der Waals surface area contributed by atoms with Crippen molar-refractivity contribution in [3.05, 3.63) is 59.7 Å². The fourth-order valence-corrected chi connectivity index (χ4v) is 4.64. The Bertz CT molecular complexity index is 1140. The summed E-state index contributed by atoms with van der Waals surface area (Å²) in [7, 11) is 4.18. The van der Waals surface area contributed by atoms with Crippen LogP contribution >= 0.6 is 11.3 Å². The zero-order chi connectivity index (χ0) is 22.9. The van der Waals surface area contributed by atoms with Gasteiger partial charge in [0, 0.05) is 30.9 Å². The summed E-state index contributed by atoms with van der Waals surface area (Å²) in [6, 6.07) is 10.7. The first kappa shape index (κ1) is 22.3. The van der Waals surface area contributed by atoms with Crippen LogP contribution in [-0.2, 0) is 11.0 Å². The summed E-state index contributed by atoms with van der Waals surface area (Å²) in [5.41, 5.74) is 1.32. The molecule has 2 heterocycles. The second-order valence-corrected chi connectivity index (χ2v) is 8.98. The fourth-order valence-electron chi connectivity index (χ4n) is 3.60. The van der Waals surface area contributed by atoms with Gasteiger partial charge in [0.25, 0.3) is 0 Å². The van der Waals surface area contributed by atoms with Gasteiger partial charge >= 0.3 is 6.18 Å². The van der Waals surface area contributed by atoms with E-state index in [1.807, 2.05) is 12.1 Å². The van der Waals surface area contributed by atoms with Gasteiger partial charge in [-0.15, -0.1) is 0 Å². The van der Waals surface area contributed by atoms with Crippen molar-refractivity contribution in [1.82, 2.24) is 9.88 Å². The lowest BCUT2D eigenvalue weighted by molar-refractivity contribution is -0.137. The molecule has 1 aliphatic heterocycles. The number of halogens is 3. The maximum absolute atomic E-state index is 12.6. The summed E-state index contributed by atoms with van der Waals surface area (Å²) in [6.07, 6.45) is -0.489. The molecule has 4 rings (SSSR count). The number of nitrogens with zero attached hydrogens (tertiary/aromatic N) is 3. The quantitative estimate of drug-likeness (QED) is 0.538. The molecule has 1 fully saturated rings. The number of amides is 1. The summed E-state index contributed by atoms with van der Waals surface area (Å²) >= 11 is 1.60. The van der Waals surface area contributed by atoms with E-state index in [2.05, 4.69) is 29.2 Å². The van der Waals surface area contributed by atoms with Gasteiger partial charge in [-0.25, -0.2) is 4.98 Å². The van der Waals surface area contributed by atoms with Crippen molar-refractivity contribution < 1.29 is 18.0 Å². The van der Waals surface area contributed by atoms with Gasteiger partial charge in [-0.05, 0) is 62.5 Å². The van der Waals surface area contributed by atoms with Crippen molar-refractivity contribution in [3.63, 3.8) is 0 Å². The van der Waals surface area contributed by atoms with Crippen molar-refractivity contribution in [2.75, 3.05) is 37.4 Å². The van der Waals surface area contributed by atoms with E-state index in [-0.39, 0.29) is 5.91 Å². The number of hydrogen-bond donors (Lipinski definition) is 1. The number of alkyl halides is 3. The van der Waals surface area contributed by atoms with Crippen LogP contribution in [-0.4, -0.2) is 49.0 Å². The molecule has 1 aliphatic rings. The third kappa shape index (κ3) is 5.11. The van der Waals surface area contributed by atoms with Crippen LogP contribution in [0.5, 0.6) is 0 Å². The second-order valence-electron chi connectivity index (χ2n) is 7.97. The Morgan fingerprint density at radius 2 is 1.97 bits per heavy atom. The minimum Gasteiger partial charge on any atom is -0.346 e. The molecule has 5 nitrogen and oxygen atoms in total. The smallest absolute Gasteiger partial charge is 0.346 e. The molecule has 1 aromatic heterocycles. The number of aromatic nitrogens is 1. The largest absolute Gasteiger partial charge is 0.416 e. The van der Waals surface area contributed by atoms with E-state index >= 15 is 0 Å². The highest BCUT2D eigenvalue weighted by Crippen LogP contribution is 2.33. The molecular weight excluding hydrogens is 437 g/mol. The van der Waals surface area contributed by atoms with Crippen molar-refractivity contribution in [3.8, 4) is 0 Å². The summed E-state index contributed by atoms with van der Waals surface area (Å²) in [4.78, 5) is 21.5. The molecule has 0 radical (unpaired) electrons. The van der Waals surface area contributed by atoms with Gasteiger partial charge in [0.2, 0.25) is 5.91 Å². The number of nitrogens with one attached hydrogen (secondary N) is 1. The van der Waals surface area contributed by atoms with Crippen molar-refractivity contribution in [2.45, 2.75) is 18.6 Å². The lowest BCUT2D eigenvalue weighted by Crippen LogP contribution is -2.31. The Labute approximate surface area is 188 Å². The first-order chi connectivity index (χ1) is 15.2. The third-order valence-corrected chi connectivity index (χ3v) is 6.55. The van der Waals surface area contributed by atoms with E-state index in [1.54, 1.807) is 17.4 Å². The van der Waals surface area contributed by atoms with E-state index in [0.29, 0.717) is 17.3 Å². The topological polar surface area (TPSA) is 48.5 Å². The number of fused-ring (bicyclic) bond motifs is 1. The molecule has 3 aromatic rings. The number of likely N-dealkylation sites (N-methyl/N-ethyl adjacent to an activating group) is 1. The average Bonchev–Trinajstić information content (AvgIpc) is 3.39. The highest BCUT2D eigenvalue weighted by molar-refractivity contribution is 7.22. The third-order valence-electron chi connectivity index (χ3n) is 5.47. The van der Waals surface area contributed by atoms with Gasteiger partial charge in [0.05, 0.1) is 15.8 Å². The van der Waals surface area contributed by atoms with Crippen LogP contribution in [0.1, 0.15) is 17.5 Å². The SMILES string of the molecule is CN(C)[C@@H]1CCN(c2nc3ccc(NC(=O)/C=C/c4ccc(C(F)(F)F)cc4)cc3s2)C1. The lowest BCUT2D eigenvalue weighted by atomic mass is 10.1. The van der Waals surface area contributed by atoms with Gasteiger partial charge in [-0.1, -0.05) is 23.5 Å². The Morgan fingerprint density at radius 1 is 1.22 bits per heavy atom. The summed E-state index contributed by atoms with van der Waals surface area (Å²) in [5.74, 6) is -0.359. The minimum absolute atomic E-state index is 0.359. The Morgan fingerprint density at radius 3 is 2.62 bits per heavy atom. The molecule has 1 atom stereocenters. The first-order valence-corrected chi connectivity index (χ1v) is 11.0. The highest BCUT2D eigenvalue weighted by atomic mass is 32.1. The standard InChI is InChI=1S/C23H23F3N4OS/c1-29(2)18-11-12-30(14-18)22-28-19-9-8-17(13-20(19)32-22)27-21(31)10-5-15-3-6-16(7-4-15)23(24,25)26/h3-10,13,18H,11-12,14H2,1-2H3,(H,27,31)/b10-5+/t18-/m1/s1. The molecule has 0 saturated carbocycles. The number of carbonyl (C=O) groups is 1. The molecule has 9 heteroatoms. The lowest BCUT2D eigenvalue weighted by Gasteiger charge is -2.19. The van der Waals surface area contributed by atoms with E-state index in [1.165, 1.54) is 24.3 Å². The molecule has 0 unspecified atom stereocenters. The fraction of sp³-hybridized carbons (Fsp3) is 0.304. The van der Waals surface area contributed by atoms with E-state index in [9.17, 15) is 18.0 Å². The van der Waals surface area contributed by atoms with E-state index < -0.39 is 11.7 Å². The number of hydrogen-bond acceptors (Lipinski definition) is 5. The van der Waals surface area contributed by atoms with Gasteiger partial charge in [-0.3, -0.25) is 4.79 Å². The van der Waals surface area contributed by atoms with Crippen LogP contribution in [0.15, 0.2) is 48.5 Å². The van der Waals surface area contributed by atoms with Gasteiger partial charge in [0.15, 0.2) is 5.13 Å². The maximum atomic E-state index is 12.6. The van der Waals surface area contributed by atoms with Crippen LogP contribution in [0.2, 0.25) is 0 Å². The van der Waals surface area contributed by atoms with Crippen molar-refractivity contribution in [1.29, 1.82) is 0 Å². The van der Waals surface area contributed by atoms with Crippen LogP contribution in [0, 0.1) is 0 Å². The van der Waals surface area contributed by atoms with Crippen LogP contribution in [0.4, 0.5) is 24.0 Å². The summed E-state index contributed by atoms with van der Waals surface area (Å²) < 4.78 is 38.9. The van der Waals surface area contributed by atoms with E-state index in [0.717, 1.165) is 47.0 Å². The summed E-state index contributed by atoms with van der Waals surface area (Å²) in [5, 5.41) is 3.78. The maximum Gasteiger partial charge on any atom is 0.416 e. The van der Waals surface area contributed by atoms with Gasteiger partial charge in [0.1, 0.15) is 0 Å². The Hall–Kier alpha value is -2.91. The molecule has 2 aromatic carbocycles. The van der Waals surface area contributed by atoms with Gasteiger partial charge < -0.3 is 15.1 Å². The molecule has 32 heavy (non-hydrogen) atoms. The van der Waals surface area contributed by atoms with Crippen molar-refractivity contribution >= 4 is 44.4 Å². The summed E-state index contributed by atoms with van der Waals surface area (Å²) in [6.45, 7) is 1.92. The highest BCUT2D eigenvalue weighted by Gasteiger charge is 2.30. The van der Waals surface area contributed by atoms with Gasteiger partial charge in [-0.2, -0.15) is 13.2 Å². The van der Waals surface area contributed by atoms with Crippen LogP contribution in [0.3, 0.4) is 0 Å². The molecule has 1 saturated heterocycles. The molecule has 0 spiro atoms. The molecule has 1 amide bonds. The number of carbonyl (C=O) groups excluding carboxylic acids is 1. The normalized spacial score (nSPS) is 17.1. The Kier molecular flexibility index (Phi) is 6.21. The monoisotopic (exact) mass is 460 g/mol. The number of anilines is 2. The molecular formula is C23H23F3N4OS. The molecule has 168 valence electrons. The van der Waals surface area contributed by atoms with Crippen molar-refractivity contribution in [2.24, 2.45) is 0 Å². The minimum atomic E-state index is -4.38. The first-order valence-electron chi connectivity index (χ1n) is 10.2. The second kappa shape index (κ2) is 8.91. The number of thiazole rings is 1. The van der Waals surface area contributed by atoms with Crippen LogP contribution in [0.25, 0.3) is 16.3 Å². The zero-order valence-corrected chi connectivity index (χ0v) is 18.5. The average molecular weight is 461 g/mol. The molecule has 0 bridgehead atoms.